The lowest BCUT2D eigenvalue weighted by Gasteiger charge is -2.15. The molecule has 2 aromatic carbocycles. The van der Waals surface area contributed by atoms with Crippen LogP contribution in [0.25, 0.3) is 0 Å². The lowest BCUT2D eigenvalue weighted by molar-refractivity contribution is -0.114. The van der Waals surface area contributed by atoms with Crippen LogP contribution in [-0.2, 0) is 4.79 Å². The first-order valence-corrected chi connectivity index (χ1v) is 7.96. The number of hydrogen-bond acceptors (Lipinski definition) is 5. The number of halogens is 1. The first kappa shape index (κ1) is 18.7. The van der Waals surface area contributed by atoms with Crippen molar-refractivity contribution in [3.8, 4) is 17.2 Å². The van der Waals surface area contributed by atoms with Gasteiger partial charge in [-0.15, -0.1) is 0 Å². The molecular weight excluding hydrogens is 344 g/mol. The van der Waals surface area contributed by atoms with E-state index in [4.69, 9.17) is 25.8 Å². The van der Waals surface area contributed by atoms with E-state index in [1.54, 1.807) is 18.2 Å². The largest absolute Gasteiger partial charge is 0.493 e. The van der Waals surface area contributed by atoms with E-state index in [0.717, 1.165) is 11.3 Å². The van der Waals surface area contributed by atoms with Gasteiger partial charge in [-0.3, -0.25) is 4.79 Å². The Morgan fingerprint density at radius 2 is 1.72 bits per heavy atom. The van der Waals surface area contributed by atoms with Crippen molar-refractivity contribution < 1.29 is 19.0 Å². The Kier molecular flexibility index (Phi) is 6.36. The van der Waals surface area contributed by atoms with Crippen molar-refractivity contribution >= 4 is 28.9 Å². The van der Waals surface area contributed by atoms with Gasteiger partial charge in [0.15, 0.2) is 11.5 Å². The van der Waals surface area contributed by atoms with Crippen molar-refractivity contribution in [2.24, 2.45) is 0 Å². The summed E-state index contributed by atoms with van der Waals surface area (Å²) in [6, 6.07) is 8.84. The number of rotatable bonds is 7. The zero-order valence-electron chi connectivity index (χ0n) is 14.6. The molecule has 0 aromatic heterocycles. The number of amides is 1. The summed E-state index contributed by atoms with van der Waals surface area (Å²) in [4.78, 5) is 12.2. The molecule has 0 aliphatic rings. The lowest BCUT2D eigenvalue weighted by Crippen LogP contribution is -2.22. The summed E-state index contributed by atoms with van der Waals surface area (Å²) in [5.74, 6) is 1.19. The van der Waals surface area contributed by atoms with Gasteiger partial charge in [-0.05, 0) is 24.6 Å². The SMILES string of the molecule is COc1cc(NC(=O)CNc2cccc(Cl)c2C)cc(OC)c1OC. The average Bonchev–Trinajstić information content (AvgIpc) is 2.62. The smallest absolute Gasteiger partial charge is 0.243 e. The van der Waals surface area contributed by atoms with Crippen LogP contribution in [0, 0.1) is 6.92 Å². The number of ether oxygens (including phenoxy) is 3. The van der Waals surface area contributed by atoms with Gasteiger partial charge in [0.25, 0.3) is 0 Å². The zero-order valence-corrected chi connectivity index (χ0v) is 15.4. The molecule has 0 atom stereocenters. The maximum absolute atomic E-state index is 12.2. The highest BCUT2D eigenvalue weighted by atomic mass is 35.5. The highest BCUT2D eigenvalue weighted by Crippen LogP contribution is 2.39. The van der Waals surface area contributed by atoms with Gasteiger partial charge in [0.05, 0.1) is 27.9 Å². The first-order chi connectivity index (χ1) is 12.0. The van der Waals surface area contributed by atoms with Crippen molar-refractivity contribution in [2.75, 3.05) is 38.5 Å². The van der Waals surface area contributed by atoms with Crippen LogP contribution in [0.1, 0.15) is 5.56 Å². The Bertz CT molecular complexity index is 740. The minimum absolute atomic E-state index is 0.0951. The van der Waals surface area contributed by atoms with Crippen molar-refractivity contribution in [3.05, 3.63) is 40.9 Å². The third-order valence-corrected chi connectivity index (χ3v) is 4.07. The standard InChI is InChI=1S/C18H21ClN2O4/c1-11-13(19)6-5-7-14(11)20-10-17(22)21-12-8-15(23-2)18(25-4)16(9-12)24-3/h5-9,20H,10H2,1-4H3,(H,21,22). The molecule has 0 fully saturated rings. The molecule has 0 aliphatic carbocycles. The predicted molar refractivity (Wildman–Crippen MR) is 99.4 cm³/mol. The number of benzene rings is 2. The Morgan fingerprint density at radius 3 is 2.28 bits per heavy atom. The summed E-state index contributed by atoms with van der Waals surface area (Å²) >= 11 is 6.07. The number of methoxy groups -OCH3 is 3. The van der Waals surface area contributed by atoms with Crippen LogP contribution in [0.2, 0.25) is 5.02 Å². The minimum Gasteiger partial charge on any atom is -0.493 e. The van der Waals surface area contributed by atoms with E-state index in [1.807, 2.05) is 19.1 Å². The fourth-order valence-electron chi connectivity index (χ4n) is 2.33. The van der Waals surface area contributed by atoms with Crippen molar-refractivity contribution in [2.45, 2.75) is 6.92 Å². The molecule has 0 unspecified atom stereocenters. The molecule has 25 heavy (non-hydrogen) atoms. The summed E-state index contributed by atoms with van der Waals surface area (Å²) in [6.07, 6.45) is 0. The molecule has 0 radical (unpaired) electrons. The molecule has 2 aromatic rings. The van der Waals surface area contributed by atoms with E-state index in [2.05, 4.69) is 10.6 Å². The number of carbonyl (C=O) groups excluding carboxylic acids is 1. The van der Waals surface area contributed by atoms with Crippen LogP contribution in [0.4, 0.5) is 11.4 Å². The van der Waals surface area contributed by atoms with Gasteiger partial charge in [-0.2, -0.15) is 0 Å². The number of nitrogens with one attached hydrogen (secondary N) is 2. The second-order valence-corrected chi connectivity index (χ2v) is 5.64. The highest BCUT2D eigenvalue weighted by Gasteiger charge is 2.14. The molecule has 0 heterocycles. The minimum atomic E-state index is -0.214. The van der Waals surface area contributed by atoms with Gasteiger partial charge < -0.3 is 24.8 Å². The molecule has 0 bridgehead atoms. The summed E-state index contributed by atoms with van der Waals surface area (Å²) in [7, 11) is 4.56. The second-order valence-electron chi connectivity index (χ2n) is 5.23. The fraction of sp³-hybridized carbons (Fsp3) is 0.278. The van der Waals surface area contributed by atoms with Gasteiger partial charge in [0.2, 0.25) is 11.7 Å². The Morgan fingerprint density at radius 1 is 1.08 bits per heavy atom. The number of carbonyl (C=O) groups is 1. The van der Waals surface area contributed by atoms with E-state index < -0.39 is 0 Å². The lowest BCUT2D eigenvalue weighted by atomic mass is 10.2. The van der Waals surface area contributed by atoms with Crippen LogP contribution >= 0.6 is 11.6 Å². The summed E-state index contributed by atoms with van der Waals surface area (Å²) in [5, 5.41) is 6.52. The predicted octanol–water partition coefficient (Wildman–Crippen LogP) is 3.72. The normalized spacial score (nSPS) is 10.1. The monoisotopic (exact) mass is 364 g/mol. The van der Waals surface area contributed by atoms with Gasteiger partial charge in [0.1, 0.15) is 0 Å². The molecule has 0 saturated carbocycles. The molecule has 1 amide bonds. The molecule has 2 N–H and O–H groups in total. The summed E-state index contributed by atoms with van der Waals surface area (Å²) < 4.78 is 15.8. The fourth-order valence-corrected chi connectivity index (χ4v) is 2.51. The van der Waals surface area contributed by atoms with E-state index in [1.165, 1.54) is 21.3 Å². The molecule has 0 aliphatic heterocycles. The third-order valence-electron chi connectivity index (χ3n) is 3.66. The number of hydrogen-bond donors (Lipinski definition) is 2. The van der Waals surface area contributed by atoms with E-state index in [-0.39, 0.29) is 12.5 Å². The van der Waals surface area contributed by atoms with E-state index in [9.17, 15) is 4.79 Å². The molecule has 6 nitrogen and oxygen atoms in total. The van der Waals surface area contributed by atoms with Crippen LogP contribution in [0.3, 0.4) is 0 Å². The van der Waals surface area contributed by atoms with Crippen molar-refractivity contribution in [3.63, 3.8) is 0 Å². The van der Waals surface area contributed by atoms with E-state index >= 15 is 0 Å². The molecule has 2 rings (SSSR count). The van der Waals surface area contributed by atoms with Crippen LogP contribution in [0.5, 0.6) is 17.2 Å². The molecule has 0 spiro atoms. The van der Waals surface area contributed by atoms with Gasteiger partial charge in [-0.25, -0.2) is 0 Å². The molecule has 0 saturated heterocycles. The average molecular weight is 365 g/mol. The zero-order chi connectivity index (χ0) is 18.4. The quantitative estimate of drug-likeness (QED) is 0.783. The second kappa shape index (κ2) is 8.48. The Balaban J connectivity index is 2.08. The van der Waals surface area contributed by atoms with Crippen LogP contribution < -0.4 is 24.8 Å². The number of anilines is 2. The molecule has 7 heteroatoms. The maximum atomic E-state index is 12.2. The van der Waals surface area contributed by atoms with Gasteiger partial charge in [-0.1, -0.05) is 17.7 Å². The van der Waals surface area contributed by atoms with E-state index in [0.29, 0.717) is 28.0 Å². The summed E-state index contributed by atoms with van der Waals surface area (Å²) in [6.45, 7) is 1.99. The molecule has 134 valence electrons. The third kappa shape index (κ3) is 4.48. The molecular formula is C18H21ClN2O4. The van der Waals surface area contributed by atoms with Crippen LogP contribution in [0.15, 0.2) is 30.3 Å². The van der Waals surface area contributed by atoms with Gasteiger partial charge in [0, 0.05) is 28.5 Å². The van der Waals surface area contributed by atoms with Crippen LogP contribution in [-0.4, -0.2) is 33.8 Å². The van der Waals surface area contributed by atoms with Gasteiger partial charge >= 0.3 is 0 Å². The van der Waals surface area contributed by atoms with Crippen molar-refractivity contribution in [1.82, 2.24) is 0 Å². The Hall–Kier alpha value is -2.60. The van der Waals surface area contributed by atoms with Crippen molar-refractivity contribution in [1.29, 1.82) is 0 Å². The topological polar surface area (TPSA) is 68.8 Å². The maximum Gasteiger partial charge on any atom is 0.243 e. The first-order valence-electron chi connectivity index (χ1n) is 7.59. The highest BCUT2D eigenvalue weighted by molar-refractivity contribution is 6.31. The Labute approximate surface area is 152 Å². The summed E-state index contributed by atoms with van der Waals surface area (Å²) in [5.41, 5.74) is 2.25.